The number of anilines is 4. The molecule has 6 nitrogen and oxygen atoms in total. The summed E-state index contributed by atoms with van der Waals surface area (Å²) in [6.45, 7) is 41.6. The van der Waals surface area contributed by atoms with E-state index in [-0.39, 0.29) is 32.5 Å². The van der Waals surface area contributed by atoms with E-state index >= 15 is 0 Å². The van der Waals surface area contributed by atoms with Crippen LogP contribution >= 0.6 is 0 Å². The Morgan fingerprint density at radius 3 is 1.47 bits per heavy atom. The van der Waals surface area contributed by atoms with E-state index in [9.17, 15) is 0 Å². The molecule has 3 heterocycles. The van der Waals surface area contributed by atoms with Crippen LogP contribution in [0.4, 0.5) is 22.7 Å². The van der Waals surface area contributed by atoms with Crippen molar-refractivity contribution in [1.82, 2.24) is 9.55 Å². The fraction of sp³-hybridized carbons (Fsp3) is 0.312. The molecule has 424 valence electrons. The SMILES string of the molecule is CC(C)(C)c1cc(-c2cc(C(C)(C)C)cc(-c3cc(C(C)(C)C)cc(C(C)(C)C)c3)c2Nc2ccccc2Nc2cccc(Oc3ccc4c5ccc6oc7ccccc7c6c5n(-c5cc(C(C)(C)C)ccn5)c4c3)c2)cc(C(C)(C)C)c1. The van der Waals surface area contributed by atoms with Crippen LogP contribution in [0.25, 0.3) is 71.8 Å². The lowest BCUT2D eigenvalue weighted by molar-refractivity contribution is 0.483. The van der Waals surface area contributed by atoms with Gasteiger partial charge in [-0.15, -0.1) is 0 Å². The van der Waals surface area contributed by atoms with Crippen molar-refractivity contribution in [2.45, 2.75) is 157 Å². The van der Waals surface area contributed by atoms with Crippen LogP contribution in [0.1, 0.15) is 158 Å². The van der Waals surface area contributed by atoms with E-state index in [1.54, 1.807) is 0 Å². The summed E-state index contributed by atoms with van der Waals surface area (Å²) in [6.07, 6.45) is 1.93. The molecule has 0 bridgehead atoms. The quantitative estimate of drug-likeness (QED) is 0.151. The van der Waals surface area contributed by atoms with Gasteiger partial charge >= 0.3 is 0 Å². The van der Waals surface area contributed by atoms with Crippen molar-refractivity contribution < 1.29 is 9.15 Å². The normalized spacial score (nSPS) is 12.9. The number of benzene rings is 8. The maximum absolute atomic E-state index is 6.89. The smallest absolute Gasteiger partial charge is 0.137 e. The van der Waals surface area contributed by atoms with Crippen LogP contribution in [-0.4, -0.2) is 9.55 Å². The van der Waals surface area contributed by atoms with Crippen LogP contribution in [0.3, 0.4) is 0 Å². The van der Waals surface area contributed by atoms with Gasteiger partial charge in [0.25, 0.3) is 0 Å². The number of fused-ring (bicyclic) bond motifs is 7. The zero-order valence-electron chi connectivity index (χ0n) is 52.4. The van der Waals surface area contributed by atoms with Gasteiger partial charge in [-0.05, 0) is 156 Å². The molecule has 83 heavy (non-hydrogen) atoms. The fourth-order valence-corrected chi connectivity index (χ4v) is 11.3. The average molecular weight is 1100 g/mol. The minimum absolute atomic E-state index is 0.0717. The first-order valence-electron chi connectivity index (χ1n) is 29.7. The van der Waals surface area contributed by atoms with E-state index in [1.807, 2.05) is 24.4 Å². The molecule has 0 saturated heterocycles. The molecule has 0 radical (unpaired) electrons. The number of aromatic nitrogens is 2. The van der Waals surface area contributed by atoms with Crippen LogP contribution in [0.2, 0.25) is 0 Å². The van der Waals surface area contributed by atoms with Gasteiger partial charge in [0.2, 0.25) is 0 Å². The van der Waals surface area contributed by atoms with Gasteiger partial charge in [-0.3, -0.25) is 4.57 Å². The second kappa shape index (κ2) is 20.4. The lowest BCUT2D eigenvalue weighted by Gasteiger charge is -2.30. The topological polar surface area (TPSA) is 64.2 Å². The van der Waals surface area contributed by atoms with Crippen LogP contribution in [-0.2, 0) is 32.5 Å². The third kappa shape index (κ3) is 11.3. The number of hydrogen-bond acceptors (Lipinski definition) is 5. The van der Waals surface area contributed by atoms with E-state index in [2.05, 4.69) is 285 Å². The van der Waals surface area contributed by atoms with Gasteiger partial charge < -0.3 is 19.8 Å². The molecule has 0 atom stereocenters. The molecule has 0 spiro atoms. The Balaban J connectivity index is 1.03. The average Bonchev–Trinajstić information content (AvgIpc) is 1.84. The first kappa shape index (κ1) is 56.8. The highest BCUT2D eigenvalue weighted by Crippen LogP contribution is 2.48. The molecule has 0 amide bonds. The number of rotatable bonds is 9. The van der Waals surface area contributed by atoms with Crippen molar-refractivity contribution in [3.63, 3.8) is 0 Å². The lowest BCUT2D eigenvalue weighted by Crippen LogP contribution is -2.17. The third-order valence-corrected chi connectivity index (χ3v) is 16.6. The van der Waals surface area contributed by atoms with Crippen LogP contribution in [0.15, 0.2) is 174 Å². The van der Waals surface area contributed by atoms with Crippen molar-refractivity contribution in [3.05, 3.63) is 203 Å². The Bertz CT molecular complexity index is 4130. The summed E-state index contributed by atoms with van der Waals surface area (Å²) in [4.78, 5) is 5.05. The molecule has 0 aliphatic heterocycles. The summed E-state index contributed by atoms with van der Waals surface area (Å²) in [5, 5.41) is 12.4. The van der Waals surface area contributed by atoms with E-state index in [4.69, 9.17) is 14.1 Å². The number of furan rings is 1. The fourth-order valence-electron chi connectivity index (χ4n) is 11.3. The number of nitrogens with one attached hydrogen (secondary N) is 2. The highest BCUT2D eigenvalue weighted by molar-refractivity contribution is 6.24. The summed E-state index contributed by atoms with van der Waals surface area (Å²) in [7, 11) is 0. The summed E-state index contributed by atoms with van der Waals surface area (Å²) in [6, 6.07) is 59.6. The Labute approximate surface area is 493 Å². The van der Waals surface area contributed by atoms with Crippen molar-refractivity contribution in [3.8, 4) is 39.6 Å². The Kier molecular flexibility index (Phi) is 13.9. The largest absolute Gasteiger partial charge is 0.457 e. The van der Waals surface area contributed by atoms with Gasteiger partial charge in [0.05, 0.1) is 33.5 Å². The molecular formula is C77H84N4O2. The van der Waals surface area contributed by atoms with Gasteiger partial charge in [-0.1, -0.05) is 197 Å². The maximum Gasteiger partial charge on any atom is 0.137 e. The third-order valence-electron chi connectivity index (χ3n) is 16.6. The molecule has 11 rings (SSSR count). The Hall–Kier alpha value is -8.09. The Morgan fingerprint density at radius 2 is 0.904 bits per heavy atom. The van der Waals surface area contributed by atoms with Crippen molar-refractivity contribution in [2.24, 2.45) is 0 Å². The van der Waals surface area contributed by atoms with Crippen LogP contribution < -0.4 is 15.4 Å². The van der Waals surface area contributed by atoms with Gasteiger partial charge in [-0.2, -0.15) is 0 Å². The summed E-state index contributed by atoms with van der Waals surface area (Å²) in [5.41, 5.74) is 19.6. The van der Waals surface area contributed by atoms with Gasteiger partial charge in [-0.25, -0.2) is 4.98 Å². The van der Waals surface area contributed by atoms with Crippen LogP contribution in [0.5, 0.6) is 11.5 Å². The number of para-hydroxylation sites is 3. The molecule has 8 aromatic carbocycles. The van der Waals surface area contributed by atoms with Crippen LogP contribution in [0, 0.1) is 0 Å². The molecule has 0 unspecified atom stereocenters. The Morgan fingerprint density at radius 1 is 0.398 bits per heavy atom. The van der Waals surface area contributed by atoms with E-state index in [1.165, 1.54) is 55.6 Å². The van der Waals surface area contributed by atoms with Crippen molar-refractivity contribution >= 4 is 66.5 Å². The molecular weight excluding hydrogens is 1010 g/mol. The number of pyridine rings is 1. The summed E-state index contributed by atoms with van der Waals surface area (Å²) < 4.78 is 15.7. The molecule has 2 N–H and O–H groups in total. The highest BCUT2D eigenvalue weighted by atomic mass is 16.5. The van der Waals surface area contributed by atoms with Crippen molar-refractivity contribution in [1.29, 1.82) is 0 Å². The van der Waals surface area contributed by atoms with E-state index < -0.39 is 0 Å². The van der Waals surface area contributed by atoms with Gasteiger partial charge in [0.15, 0.2) is 0 Å². The highest BCUT2D eigenvalue weighted by Gasteiger charge is 2.29. The molecule has 3 aromatic heterocycles. The summed E-state index contributed by atoms with van der Waals surface area (Å²) in [5.74, 6) is 2.27. The maximum atomic E-state index is 6.89. The monoisotopic (exact) mass is 1100 g/mol. The van der Waals surface area contributed by atoms with Gasteiger partial charge in [0.1, 0.15) is 28.5 Å². The number of nitrogens with zero attached hydrogens (tertiary/aromatic N) is 2. The standard InChI is InChI=1S/C77H84N4O2/c1-72(2,3)49-34-35-78-68(44-49)81-65-46-57(30-31-58(65)59-32-33-67-69(71(59)81)60-26-19-22-29-66(60)83-67)82-56-25-23-24-55(45-56)79-63-27-20-21-28-64(63)80-70-61(47-36-50(73(4,5)6)40-51(37-47)74(7,8)9)42-54(77(16,17)18)43-62(70)48-38-52(75(10,11)12)41-53(39-48)76(13,14)15/h19-46,79-80H,1-18H3. The first-order valence-corrected chi connectivity index (χ1v) is 29.7. The summed E-state index contributed by atoms with van der Waals surface area (Å²) >= 11 is 0. The van der Waals surface area contributed by atoms with E-state index in [0.29, 0.717) is 5.75 Å². The van der Waals surface area contributed by atoms with Crippen molar-refractivity contribution in [2.75, 3.05) is 10.6 Å². The molecule has 0 aliphatic rings. The second-order valence-electron chi connectivity index (χ2n) is 29.3. The van der Waals surface area contributed by atoms with E-state index in [0.717, 1.165) is 78.1 Å². The molecule has 6 heteroatoms. The predicted molar refractivity (Wildman–Crippen MR) is 355 cm³/mol. The molecule has 0 fully saturated rings. The molecule has 0 saturated carbocycles. The number of ether oxygens (including phenoxy) is 1. The minimum atomic E-state index is -0.140. The second-order valence-corrected chi connectivity index (χ2v) is 29.3. The molecule has 0 aliphatic carbocycles. The minimum Gasteiger partial charge on any atom is -0.457 e. The predicted octanol–water partition coefficient (Wildman–Crippen LogP) is 22.5. The van der Waals surface area contributed by atoms with Gasteiger partial charge in [0, 0.05) is 51.3 Å². The number of hydrogen-bond donors (Lipinski definition) is 2. The lowest BCUT2D eigenvalue weighted by atomic mass is 9.76. The zero-order chi connectivity index (χ0) is 59.3. The first-order chi connectivity index (χ1) is 38.9. The zero-order valence-corrected chi connectivity index (χ0v) is 52.4. The molecule has 11 aromatic rings.